The summed E-state index contributed by atoms with van der Waals surface area (Å²) in [6.07, 6.45) is 8.81. The maximum absolute atomic E-state index is 6.18. The Morgan fingerprint density at radius 2 is 2.10 bits per heavy atom. The Morgan fingerprint density at radius 1 is 1.29 bits per heavy atom. The van der Waals surface area contributed by atoms with Crippen LogP contribution in [-0.4, -0.2) is 18.2 Å². The molecule has 3 heteroatoms. The van der Waals surface area contributed by atoms with Crippen LogP contribution in [0, 0.1) is 0 Å². The number of rotatable bonds is 3. The summed E-state index contributed by atoms with van der Waals surface area (Å²) in [4.78, 5) is 0. The van der Waals surface area contributed by atoms with E-state index in [1.165, 1.54) is 37.7 Å². The SMILES string of the molecule is C[C@H](NC1CCOC2(CCCCC2)C1)c1cccc(Cl)c1. The van der Waals surface area contributed by atoms with Crippen LogP contribution in [0.15, 0.2) is 24.3 Å². The minimum absolute atomic E-state index is 0.169. The van der Waals surface area contributed by atoms with Crippen LogP contribution in [0.1, 0.15) is 63.5 Å². The van der Waals surface area contributed by atoms with E-state index in [1.54, 1.807) is 0 Å². The van der Waals surface area contributed by atoms with Crippen LogP contribution in [0.4, 0.5) is 0 Å². The van der Waals surface area contributed by atoms with Crippen LogP contribution in [0.2, 0.25) is 5.02 Å². The lowest BCUT2D eigenvalue weighted by molar-refractivity contribution is -0.110. The molecule has 116 valence electrons. The minimum atomic E-state index is 0.169. The predicted molar refractivity (Wildman–Crippen MR) is 87.8 cm³/mol. The molecule has 2 aliphatic rings. The summed E-state index contributed by atoms with van der Waals surface area (Å²) in [5.41, 5.74) is 1.44. The number of nitrogens with one attached hydrogen (secondary N) is 1. The van der Waals surface area contributed by atoms with Gasteiger partial charge < -0.3 is 10.1 Å². The van der Waals surface area contributed by atoms with Gasteiger partial charge in [0.05, 0.1) is 5.60 Å². The fraction of sp³-hybridized carbons (Fsp3) is 0.667. The third-order valence-corrected chi connectivity index (χ3v) is 5.33. The summed E-state index contributed by atoms with van der Waals surface area (Å²) in [6.45, 7) is 3.13. The van der Waals surface area contributed by atoms with E-state index in [9.17, 15) is 0 Å². The molecular formula is C18H26ClNO. The zero-order chi connectivity index (χ0) is 14.7. The van der Waals surface area contributed by atoms with E-state index in [-0.39, 0.29) is 5.60 Å². The highest BCUT2D eigenvalue weighted by Crippen LogP contribution is 2.39. The van der Waals surface area contributed by atoms with Gasteiger partial charge in [0, 0.05) is 23.7 Å². The molecule has 2 fully saturated rings. The van der Waals surface area contributed by atoms with E-state index >= 15 is 0 Å². The molecule has 3 rings (SSSR count). The third-order valence-electron chi connectivity index (χ3n) is 5.09. The molecule has 1 spiro atoms. The summed E-state index contributed by atoms with van der Waals surface area (Å²) in [6, 6.07) is 9.08. The van der Waals surface area contributed by atoms with Gasteiger partial charge in [0.15, 0.2) is 0 Å². The molecule has 2 atom stereocenters. The largest absolute Gasteiger partial charge is 0.375 e. The number of benzene rings is 1. The zero-order valence-electron chi connectivity index (χ0n) is 12.9. The Morgan fingerprint density at radius 3 is 2.86 bits per heavy atom. The second kappa shape index (κ2) is 6.68. The van der Waals surface area contributed by atoms with Gasteiger partial charge in [0.1, 0.15) is 0 Å². The molecule has 1 aromatic carbocycles. The monoisotopic (exact) mass is 307 g/mol. The predicted octanol–water partition coefficient (Wildman–Crippen LogP) is 4.87. The van der Waals surface area contributed by atoms with Crippen LogP contribution in [0.25, 0.3) is 0 Å². The molecule has 1 saturated heterocycles. The van der Waals surface area contributed by atoms with E-state index in [2.05, 4.69) is 24.4 Å². The Hall–Kier alpha value is -0.570. The molecule has 1 aliphatic carbocycles. The summed E-state index contributed by atoms with van der Waals surface area (Å²) in [5.74, 6) is 0. The van der Waals surface area contributed by atoms with Crippen molar-refractivity contribution in [3.63, 3.8) is 0 Å². The highest BCUT2D eigenvalue weighted by molar-refractivity contribution is 6.30. The lowest BCUT2D eigenvalue weighted by atomic mass is 9.78. The standard InChI is InChI=1S/C18H26ClNO/c1-14(15-6-5-7-16(19)12-15)20-17-8-11-21-18(13-17)9-3-2-4-10-18/h5-7,12,14,17,20H,2-4,8-11,13H2,1H3/t14-,17?/m0/s1. The molecule has 2 nitrogen and oxygen atoms in total. The van der Waals surface area contributed by atoms with Gasteiger partial charge in [-0.1, -0.05) is 43.0 Å². The van der Waals surface area contributed by atoms with Crippen molar-refractivity contribution in [2.24, 2.45) is 0 Å². The maximum Gasteiger partial charge on any atom is 0.0697 e. The summed E-state index contributed by atoms with van der Waals surface area (Å²) in [5, 5.41) is 4.61. The van der Waals surface area contributed by atoms with Crippen molar-refractivity contribution < 1.29 is 4.74 Å². The number of halogens is 1. The van der Waals surface area contributed by atoms with Gasteiger partial charge in [-0.2, -0.15) is 0 Å². The second-order valence-corrected chi connectivity index (χ2v) is 7.16. The van der Waals surface area contributed by atoms with Crippen molar-refractivity contribution in [1.82, 2.24) is 5.32 Å². The van der Waals surface area contributed by atoms with E-state index in [1.807, 2.05) is 12.1 Å². The Kier molecular flexibility index (Phi) is 4.88. The smallest absolute Gasteiger partial charge is 0.0697 e. The van der Waals surface area contributed by atoms with Crippen molar-refractivity contribution in [3.8, 4) is 0 Å². The van der Waals surface area contributed by atoms with Crippen molar-refractivity contribution in [1.29, 1.82) is 0 Å². The maximum atomic E-state index is 6.18. The third kappa shape index (κ3) is 3.80. The Labute approximate surface area is 133 Å². The zero-order valence-corrected chi connectivity index (χ0v) is 13.7. The first-order chi connectivity index (χ1) is 10.2. The molecule has 1 aliphatic heterocycles. The first kappa shape index (κ1) is 15.3. The first-order valence-corrected chi connectivity index (χ1v) is 8.70. The van der Waals surface area contributed by atoms with Crippen molar-refractivity contribution in [2.45, 2.75) is 69.6 Å². The molecule has 21 heavy (non-hydrogen) atoms. The van der Waals surface area contributed by atoms with E-state index in [0.717, 1.165) is 24.5 Å². The normalized spacial score (nSPS) is 26.7. The first-order valence-electron chi connectivity index (χ1n) is 8.32. The lowest BCUT2D eigenvalue weighted by Gasteiger charge is -2.44. The molecule has 0 amide bonds. The molecule has 0 radical (unpaired) electrons. The molecule has 1 heterocycles. The fourth-order valence-corrected chi connectivity index (χ4v) is 4.14. The summed E-state index contributed by atoms with van der Waals surface area (Å²) >= 11 is 6.10. The lowest BCUT2D eigenvalue weighted by Crippen LogP contribution is -2.48. The van der Waals surface area contributed by atoms with Gasteiger partial charge in [-0.15, -0.1) is 0 Å². The van der Waals surface area contributed by atoms with Crippen molar-refractivity contribution in [2.75, 3.05) is 6.61 Å². The van der Waals surface area contributed by atoms with E-state index in [4.69, 9.17) is 16.3 Å². The molecule has 1 saturated carbocycles. The van der Waals surface area contributed by atoms with Crippen LogP contribution in [0.3, 0.4) is 0 Å². The molecule has 1 N–H and O–H groups in total. The van der Waals surface area contributed by atoms with Gasteiger partial charge in [0.25, 0.3) is 0 Å². The van der Waals surface area contributed by atoms with Gasteiger partial charge in [0.2, 0.25) is 0 Å². The topological polar surface area (TPSA) is 21.3 Å². The highest BCUT2D eigenvalue weighted by Gasteiger charge is 2.38. The quantitative estimate of drug-likeness (QED) is 0.860. The minimum Gasteiger partial charge on any atom is -0.375 e. The van der Waals surface area contributed by atoms with Crippen molar-refractivity contribution in [3.05, 3.63) is 34.9 Å². The summed E-state index contributed by atoms with van der Waals surface area (Å²) < 4.78 is 6.18. The molecule has 0 bridgehead atoms. The number of hydrogen-bond acceptors (Lipinski definition) is 2. The van der Waals surface area contributed by atoms with Gasteiger partial charge in [-0.05, 0) is 50.3 Å². The molecule has 0 aromatic heterocycles. The van der Waals surface area contributed by atoms with E-state index < -0.39 is 0 Å². The molecular weight excluding hydrogens is 282 g/mol. The van der Waals surface area contributed by atoms with Crippen LogP contribution in [-0.2, 0) is 4.74 Å². The van der Waals surface area contributed by atoms with Crippen LogP contribution in [0.5, 0.6) is 0 Å². The van der Waals surface area contributed by atoms with Crippen LogP contribution < -0.4 is 5.32 Å². The molecule has 1 aromatic rings. The van der Waals surface area contributed by atoms with Crippen molar-refractivity contribution >= 4 is 11.6 Å². The van der Waals surface area contributed by atoms with E-state index in [0.29, 0.717) is 12.1 Å². The number of ether oxygens (including phenoxy) is 1. The molecule has 1 unspecified atom stereocenters. The second-order valence-electron chi connectivity index (χ2n) is 6.73. The summed E-state index contributed by atoms with van der Waals surface area (Å²) in [7, 11) is 0. The van der Waals surface area contributed by atoms with Gasteiger partial charge >= 0.3 is 0 Å². The average Bonchev–Trinajstić information content (AvgIpc) is 2.48. The fourth-order valence-electron chi connectivity index (χ4n) is 3.94. The number of hydrogen-bond donors (Lipinski definition) is 1. The van der Waals surface area contributed by atoms with Crippen LogP contribution >= 0.6 is 11.6 Å². The Bertz CT molecular complexity index is 465. The van der Waals surface area contributed by atoms with Gasteiger partial charge in [-0.3, -0.25) is 0 Å². The van der Waals surface area contributed by atoms with Gasteiger partial charge in [-0.25, -0.2) is 0 Å². The highest BCUT2D eigenvalue weighted by atomic mass is 35.5. The average molecular weight is 308 g/mol. The Balaban J connectivity index is 1.61.